The van der Waals surface area contributed by atoms with Crippen molar-refractivity contribution in [2.75, 3.05) is 11.4 Å². The van der Waals surface area contributed by atoms with Gasteiger partial charge in [0.15, 0.2) is 0 Å². The lowest BCUT2D eigenvalue weighted by Gasteiger charge is -2.23. The summed E-state index contributed by atoms with van der Waals surface area (Å²) in [5, 5.41) is 0. The molecule has 0 saturated heterocycles. The van der Waals surface area contributed by atoms with Crippen LogP contribution in [0.15, 0.2) is 24.3 Å². The second-order valence-corrected chi connectivity index (χ2v) is 5.18. The zero-order valence-corrected chi connectivity index (χ0v) is 11.7. The van der Waals surface area contributed by atoms with E-state index in [-0.39, 0.29) is 11.7 Å². The van der Waals surface area contributed by atoms with Crippen molar-refractivity contribution in [3.05, 3.63) is 29.8 Å². The molecule has 1 atom stereocenters. The highest BCUT2D eigenvalue weighted by Gasteiger charge is 2.35. The molecule has 1 aromatic carbocycles. The molecule has 0 aromatic heterocycles. The highest BCUT2D eigenvalue weighted by molar-refractivity contribution is 6.52. The molecule has 2 rings (SSSR count). The van der Waals surface area contributed by atoms with Crippen molar-refractivity contribution in [1.82, 2.24) is 0 Å². The molecular formula is C16H21NO2. The van der Waals surface area contributed by atoms with Gasteiger partial charge in [-0.2, -0.15) is 0 Å². The van der Waals surface area contributed by atoms with E-state index in [1.54, 1.807) is 11.0 Å². The maximum absolute atomic E-state index is 12.1. The van der Waals surface area contributed by atoms with E-state index < -0.39 is 0 Å². The van der Waals surface area contributed by atoms with Crippen molar-refractivity contribution < 1.29 is 9.59 Å². The number of hydrogen-bond acceptors (Lipinski definition) is 2. The highest BCUT2D eigenvalue weighted by Crippen LogP contribution is 2.30. The molecule has 1 heterocycles. The summed E-state index contributed by atoms with van der Waals surface area (Å²) >= 11 is 0. The molecule has 1 aliphatic rings. The zero-order valence-electron chi connectivity index (χ0n) is 11.7. The summed E-state index contributed by atoms with van der Waals surface area (Å²) in [5.74, 6) is -0.250. The monoisotopic (exact) mass is 259 g/mol. The minimum absolute atomic E-state index is 0.360. The fourth-order valence-corrected chi connectivity index (χ4v) is 2.60. The first-order chi connectivity index (χ1) is 9.19. The Hall–Kier alpha value is -1.64. The van der Waals surface area contributed by atoms with Crippen molar-refractivity contribution in [3.63, 3.8) is 0 Å². The van der Waals surface area contributed by atoms with Crippen molar-refractivity contribution in [2.24, 2.45) is 5.92 Å². The van der Waals surface area contributed by atoms with Crippen molar-refractivity contribution >= 4 is 17.4 Å². The predicted molar refractivity (Wildman–Crippen MR) is 76.4 cm³/mol. The summed E-state index contributed by atoms with van der Waals surface area (Å²) in [6.07, 6.45) is 4.50. The average molecular weight is 259 g/mol. The van der Waals surface area contributed by atoms with Gasteiger partial charge in [0, 0.05) is 6.54 Å². The molecule has 0 saturated carbocycles. The third-order valence-corrected chi connectivity index (χ3v) is 3.86. The van der Waals surface area contributed by atoms with Crippen LogP contribution in [0.3, 0.4) is 0 Å². The van der Waals surface area contributed by atoms with Crippen molar-refractivity contribution in [3.8, 4) is 0 Å². The maximum Gasteiger partial charge on any atom is 0.299 e. The first kappa shape index (κ1) is 13.8. The molecule has 3 nitrogen and oxygen atoms in total. The number of fused-ring (bicyclic) bond motifs is 1. The van der Waals surface area contributed by atoms with Gasteiger partial charge < -0.3 is 4.90 Å². The molecule has 0 N–H and O–H groups in total. The summed E-state index contributed by atoms with van der Waals surface area (Å²) in [6.45, 7) is 4.99. The van der Waals surface area contributed by atoms with Gasteiger partial charge in [-0.3, -0.25) is 9.59 Å². The summed E-state index contributed by atoms with van der Waals surface area (Å²) in [4.78, 5) is 25.6. The first-order valence-corrected chi connectivity index (χ1v) is 7.14. The van der Waals surface area contributed by atoms with Crippen LogP contribution in [0.25, 0.3) is 0 Å². The van der Waals surface area contributed by atoms with Crippen molar-refractivity contribution in [1.29, 1.82) is 0 Å². The Bertz CT molecular complexity index is 481. The second kappa shape index (κ2) is 6.00. The van der Waals surface area contributed by atoms with Gasteiger partial charge in [0.2, 0.25) is 0 Å². The van der Waals surface area contributed by atoms with E-state index >= 15 is 0 Å². The van der Waals surface area contributed by atoms with Crippen LogP contribution in [0.5, 0.6) is 0 Å². The lowest BCUT2D eigenvalue weighted by Crippen LogP contribution is -2.34. The number of carbonyl (C=O) groups excluding carboxylic acids is 2. The number of anilines is 1. The van der Waals surface area contributed by atoms with Gasteiger partial charge in [0.25, 0.3) is 11.7 Å². The fraction of sp³-hybridized carbons (Fsp3) is 0.500. The number of nitrogens with zero attached hydrogens (tertiary/aromatic N) is 1. The van der Waals surface area contributed by atoms with Crippen molar-refractivity contribution in [2.45, 2.75) is 39.5 Å². The van der Waals surface area contributed by atoms with Gasteiger partial charge in [-0.05, 0) is 24.5 Å². The molecule has 3 heteroatoms. The minimum Gasteiger partial charge on any atom is -0.304 e. The van der Waals surface area contributed by atoms with E-state index in [0.29, 0.717) is 18.0 Å². The Morgan fingerprint density at radius 1 is 1.16 bits per heavy atom. The largest absolute Gasteiger partial charge is 0.304 e. The van der Waals surface area contributed by atoms with Gasteiger partial charge in [-0.1, -0.05) is 45.2 Å². The Morgan fingerprint density at radius 2 is 1.89 bits per heavy atom. The van der Waals surface area contributed by atoms with E-state index in [9.17, 15) is 9.59 Å². The summed E-state index contributed by atoms with van der Waals surface area (Å²) in [5.41, 5.74) is 1.34. The smallest absolute Gasteiger partial charge is 0.299 e. The van der Waals surface area contributed by atoms with Gasteiger partial charge >= 0.3 is 0 Å². The van der Waals surface area contributed by atoms with Gasteiger partial charge in [0.05, 0.1) is 11.3 Å². The number of para-hydroxylation sites is 1. The number of rotatable bonds is 6. The lowest BCUT2D eigenvalue weighted by molar-refractivity contribution is -0.114. The average Bonchev–Trinajstić information content (AvgIpc) is 2.68. The Balaban J connectivity index is 2.16. The van der Waals surface area contributed by atoms with Crippen LogP contribution in [0, 0.1) is 5.92 Å². The van der Waals surface area contributed by atoms with Crippen LogP contribution >= 0.6 is 0 Å². The quantitative estimate of drug-likeness (QED) is 0.734. The number of unbranched alkanes of at least 4 members (excludes halogenated alkanes) is 1. The predicted octanol–water partition coefficient (Wildman–Crippen LogP) is 3.43. The van der Waals surface area contributed by atoms with Crippen LogP contribution in [0.2, 0.25) is 0 Å². The maximum atomic E-state index is 12.1. The van der Waals surface area contributed by atoms with E-state index in [1.807, 2.05) is 18.2 Å². The molecule has 0 radical (unpaired) electrons. The van der Waals surface area contributed by atoms with Gasteiger partial charge in [-0.15, -0.1) is 0 Å². The Labute approximate surface area is 114 Å². The van der Waals surface area contributed by atoms with Crippen LogP contribution in [0.1, 0.15) is 49.9 Å². The normalized spacial score (nSPS) is 15.8. The summed E-state index contributed by atoms with van der Waals surface area (Å²) < 4.78 is 0. The lowest BCUT2D eigenvalue weighted by atomic mass is 9.98. The standard InChI is InChI=1S/C16H21NO2/c1-3-5-8-12(4-2)11-17-14-10-7-6-9-13(14)15(18)16(17)19/h6-7,9-10,12H,3-5,8,11H2,1-2H3. The number of benzene rings is 1. The molecule has 1 aliphatic heterocycles. The topological polar surface area (TPSA) is 37.4 Å². The molecule has 19 heavy (non-hydrogen) atoms. The van der Waals surface area contributed by atoms with Gasteiger partial charge in [0.1, 0.15) is 0 Å². The molecule has 1 aromatic rings. The summed E-state index contributed by atoms with van der Waals surface area (Å²) in [6, 6.07) is 7.29. The zero-order chi connectivity index (χ0) is 13.8. The summed E-state index contributed by atoms with van der Waals surface area (Å²) in [7, 11) is 0. The van der Waals surface area contributed by atoms with E-state index in [1.165, 1.54) is 12.8 Å². The van der Waals surface area contributed by atoms with Gasteiger partial charge in [-0.25, -0.2) is 0 Å². The molecule has 102 valence electrons. The number of amides is 1. The highest BCUT2D eigenvalue weighted by atomic mass is 16.2. The van der Waals surface area contributed by atoms with Crippen LogP contribution in [0.4, 0.5) is 5.69 Å². The minimum atomic E-state index is -0.365. The molecule has 0 fully saturated rings. The Kier molecular flexibility index (Phi) is 4.35. The number of carbonyl (C=O) groups is 2. The molecule has 1 unspecified atom stereocenters. The van der Waals surface area contributed by atoms with E-state index in [2.05, 4.69) is 13.8 Å². The first-order valence-electron chi connectivity index (χ1n) is 7.14. The number of hydrogen-bond donors (Lipinski definition) is 0. The SMILES string of the molecule is CCCCC(CC)CN1C(=O)C(=O)c2ccccc21. The number of ketones is 1. The van der Waals surface area contributed by atoms with E-state index in [0.717, 1.165) is 18.5 Å². The molecule has 0 aliphatic carbocycles. The Morgan fingerprint density at radius 3 is 2.58 bits per heavy atom. The number of Topliss-reactive ketones (excluding diaryl/α,β-unsaturated/α-hetero) is 1. The van der Waals surface area contributed by atoms with Crippen LogP contribution in [-0.2, 0) is 4.79 Å². The second-order valence-electron chi connectivity index (χ2n) is 5.18. The van der Waals surface area contributed by atoms with Crippen LogP contribution < -0.4 is 4.90 Å². The third-order valence-electron chi connectivity index (χ3n) is 3.86. The fourth-order valence-electron chi connectivity index (χ4n) is 2.60. The third kappa shape index (κ3) is 2.70. The molecule has 0 bridgehead atoms. The van der Waals surface area contributed by atoms with Crippen LogP contribution in [-0.4, -0.2) is 18.2 Å². The molecule has 1 amide bonds. The van der Waals surface area contributed by atoms with E-state index in [4.69, 9.17) is 0 Å². The molecular weight excluding hydrogens is 238 g/mol. The molecule has 0 spiro atoms.